The van der Waals surface area contributed by atoms with Gasteiger partial charge in [-0.2, -0.15) is 0 Å². The lowest BCUT2D eigenvalue weighted by Gasteiger charge is -2.14. The van der Waals surface area contributed by atoms with Crippen molar-refractivity contribution in [1.82, 2.24) is 14.8 Å². The first-order valence-corrected chi connectivity index (χ1v) is 9.71. The third kappa shape index (κ3) is 3.91. The fourth-order valence-corrected chi connectivity index (χ4v) is 3.85. The van der Waals surface area contributed by atoms with Crippen molar-refractivity contribution in [1.29, 1.82) is 0 Å². The van der Waals surface area contributed by atoms with Gasteiger partial charge in [0.25, 0.3) is 0 Å². The number of benzene rings is 2. The van der Waals surface area contributed by atoms with E-state index in [0.29, 0.717) is 40.9 Å². The molecule has 0 aliphatic heterocycles. The molecule has 0 radical (unpaired) electrons. The molecule has 1 heterocycles. The Morgan fingerprint density at radius 2 is 1.68 bits per heavy atom. The van der Waals surface area contributed by atoms with Crippen LogP contribution in [-0.2, 0) is 12.3 Å². The van der Waals surface area contributed by atoms with E-state index in [0.717, 1.165) is 10.7 Å². The molecule has 2 aromatic carbocycles. The van der Waals surface area contributed by atoms with Gasteiger partial charge in [0.2, 0.25) is 5.75 Å². The SMILES string of the molecule is CCn1c(SCc2ccccc2F)nnc1-c1cc(OC)c(OC)c(OC)c1. The minimum Gasteiger partial charge on any atom is -0.493 e. The maximum atomic E-state index is 13.9. The topological polar surface area (TPSA) is 58.4 Å². The smallest absolute Gasteiger partial charge is 0.203 e. The third-order valence-electron chi connectivity index (χ3n) is 4.27. The summed E-state index contributed by atoms with van der Waals surface area (Å²) in [6.07, 6.45) is 0. The molecule has 0 aliphatic carbocycles. The second-order valence-electron chi connectivity index (χ2n) is 5.84. The van der Waals surface area contributed by atoms with Crippen molar-refractivity contribution >= 4 is 11.8 Å². The number of thioether (sulfide) groups is 1. The lowest BCUT2D eigenvalue weighted by atomic mass is 10.1. The zero-order valence-electron chi connectivity index (χ0n) is 16.2. The van der Waals surface area contributed by atoms with E-state index in [-0.39, 0.29) is 5.82 Å². The van der Waals surface area contributed by atoms with Gasteiger partial charge in [-0.1, -0.05) is 30.0 Å². The van der Waals surface area contributed by atoms with Gasteiger partial charge >= 0.3 is 0 Å². The standard InChI is InChI=1S/C20H22FN3O3S/c1-5-24-19(14-10-16(25-2)18(27-4)17(11-14)26-3)22-23-20(24)28-12-13-8-6-7-9-15(13)21/h6-11H,5,12H2,1-4H3. The normalized spacial score (nSPS) is 10.8. The van der Waals surface area contributed by atoms with Crippen molar-refractivity contribution in [3.63, 3.8) is 0 Å². The van der Waals surface area contributed by atoms with Crippen molar-refractivity contribution in [3.05, 3.63) is 47.8 Å². The van der Waals surface area contributed by atoms with Gasteiger partial charge in [0.15, 0.2) is 22.5 Å². The summed E-state index contributed by atoms with van der Waals surface area (Å²) < 4.78 is 32.1. The monoisotopic (exact) mass is 403 g/mol. The van der Waals surface area contributed by atoms with Crippen molar-refractivity contribution in [2.24, 2.45) is 0 Å². The molecule has 1 aromatic heterocycles. The fraction of sp³-hybridized carbons (Fsp3) is 0.300. The molecular weight excluding hydrogens is 381 g/mol. The highest BCUT2D eigenvalue weighted by Crippen LogP contribution is 2.41. The fourth-order valence-electron chi connectivity index (χ4n) is 2.86. The van der Waals surface area contributed by atoms with Crippen molar-refractivity contribution in [3.8, 4) is 28.6 Å². The molecular formula is C20H22FN3O3S. The average Bonchev–Trinajstić information content (AvgIpc) is 3.14. The predicted octanol–water partition coefficient (Wildman–Crippen LogP) is 4.42. The Balaban J connectivity index is 1.95. The molecule has 0 saturated carbocycles. The predicted molar refractivity (Wildman–Crippen MR) is 107 cm³/mol. The van der Waals surface area contributed by atoms with E-state index in [9.17, 15) is 4.39 Å². The summed E-state index contributed by atoms with van der Waals surface area (Å²) in [7, 11) is 4.70. The van der Waals surface area contributed by atoms with Crippen molar-refractivity contribution < 1.29 is 18.6 Å². The first-order valence-electron chi connectivity index (χ1n) is 8.72. The van der Waals surface area contributed by atoms with E-state index in [1.54, 1.807) is 33.5 Å². The maximum Gasteiger partial charge on any atom is 0.203 e. The van der Waals surface area contributed by atoms with Gasteiger partial charge in [-0.3, -0.25) is 0 Å². The van der Waals surface area contributed by atoms with Gasteiger partial charge < -0.3 is 18.8 Å². The quantitative estimate of drug-likeness (QED) is 0.519. The molecule has 6 nitrogen and oxygen atoms in total. The minimum absolute atomic E-state index is 0.220. The number of rotatable bonds is 8. The Bertz CT molecular complexity index is 937. The van der Waals surface area contributed by atoms with E-state index in [2.05, 4.69) is 10.2 Å². The van der Waals surface area contributed by atoms with Gasteiger partial charge in [0.05, 0.1) is 21.3 Å². The highest BCUT2D eigenvalue weighted by Gasteiger charge is 2.19. The summed E-state index contributed by atoms with van der Waals surface area (Å²) in [5.41, 5.74) is 1.43. The zero-order chi connectivity index (χ0) is 20.1. The van der Waals surface area contributed by atoms with Crippen LogP contribution in [0.25, 0.3) is 11.4 Å². The Kier molecular flexibility index (Phi) is 6.41. The largest absolute Gasteiger partial charge is 0.493 e. The number of nitrogens with zero attached hydrogens (tertiary/aromatic N) is 3. The van der Waals surface area contributed by atoms with Crippen molar-refractivity contribution in [2.75, 3.05) is 21.3 Å². The highest BCUT2D eigenvalue weighted by atomic mass is 32.2. The molecule has 0 aliphatic rings. The van der Waals surface area contributed by atoms with E-state index < -0.39 is 0 Å². The first-order chi connectivity index (χ1) is 13.6. The lowest BCUT2D eigenvalue weighted by molar-refractivity contribution is 0.324. The van der Waals surface area contributed by atoms with Crippen LogP contribution in [0.2, 0.25) is 0 Å². The molecule has 3 rings (SSSR count). The molecule has 0 spiro atoms. The van der Waals surface area contributed by atoms with E-state index >= 15 is 0 Å². The van der Waals surface area contributed by atoms with Gasteiger partial charge in [-0.05, 0) is 30.7 Å². The summed E-state index contributed by atoms with van der Waals surface area (Å²) in [5.74, 6) is 2.54. The molecule has 0 fully saturated rings. The van der Waals surface area contributed by atoms with Crippen LogP contribution in [0.4, 0.5) is 4.39 Å². The Morgan fingerprint density at radius 1 is 1.00 bits per heavy atom. The lowest BCUT2D eigenvalue weighted by Crippen LogP contribution is -2.01. The van der Waals surface area contributed by atoms with Crippen LogP contribution in [0.15, 0.2) is 41.6 Å². The summed E-state index contributed by atoms with van der Waals surface area (Å²) >= 11 is 1.44. The van der Waals surface area contributed by atoms with E-state index in [1.807, 2.05) is 29.7 Å². The van der Waals surface area contributed by atoms with Crippen LogP contribution in [0.3, 0.4) is 0 Å². The Labute approximate surface area is 167 Å². The third-order valence-corrected chi connectivity index (χ3v) is 5.29. The van der Waals surface area contributed by atoms with Crippen LogP contribution < -0.4 is 14.2 Å². The van der Waals surface area contributed by atoms with Crippen LogP contribution in [0.5, 0.6) is 17.2 Å². The molecule has 0 N–H and O–H groups in total. The summed E-state index contributed by atoms with van der Waals surface area (Å²) in [5, 5.41) is 9.36. The minimum atomic E-state index is -0.220. The van der Waals surface area contributed by atoms with E-state index in [1.165, 1.54) is 17.8 Å². The molecule has 8 heteroatoms. The molecule has 3 aromatic rings. The maximum absolute atomic E-state index is 13.9. The second kappa shape index (κ2) is 8.97. The number of hydrogen-bond donors (Lipinski definition) is 0. The Hall–Kier alpha value is -2.74. The second-order valence-corrected chi connectivity index (χ2v) is 6.79. The Morgan fingerprint density at radius 3 is 2.25 bits per heavy atom. The van der Waals surface area contributed by atoms with Gasteiger partial charge in [-0.15, -0.1) is 10.2 Å². The molecule has 0 amide bonds. The molecule has 28 heavy (non-hydrogen) atoms. The molecule has 0 unspecified atom stereocenters. The summed E-state index contributed by atoms with van der Waals surface area (Å²) in [4.78, 5) is 0. The number of methoxy groups -OCH3 is 3. The first kappa shape index (κ1) is 20.0. The van der Waals surface area contributed by atoms with Crippen LogP contribution in [0.1, 0.15) is 12.5 Å². The summed E-state index contributed by atoms with van der Waals surface area (Å²) in [6, 6.07) is 10.4. The van der Waals surface area contributed by atoms with Crippen LogP contribution in [0, 0.1) is 5.82 Å². The van der Waals surface area contributed by atoms with Crippen LogP contribution in [-0.4, -0.2) is 36.1 Å². The molecule has 0 bridgehead atoms. The van der Waals surface area contributed by atoms with Gasteiger partial charge in [-0.25, -0.2) is 4.39 Å². The van der Waals surface area contributed by atoms with Crippen molar-refractivity contribution in [2.45, 2.75) is 24.4 Å². The average molecular weight is 403 g/mol. The van der Waals surface area contributed by atoms with Gasteiger partial charge in [0, 0.05) is 17.9 Å². The number of halogens is 1. The summed E-state index contributed by atoms with van der Waals surface area (Å²) in [6.45, 7) is 2.68. The van der Waals surface area contributed by atoms with E-state index in [4.69, 9.17) is 14.2 Å². The molecule has 0 saturated heterocycles. The molecule has 0 atom stereocenters. The molecule has 148 valence electrons. The number of ether oxygens (including phenoxy) is 3. The number of aromatic nitrogens is 3. The zero-order valence-corrected chi connectivity index (χ0v) is 17.0. The number of hydrogen-bond acceptors (Lipinski definition) is 6. The highest BCUT2D eigenvalue weighted by molar-refractivity contribution is 7.98. The van der Waals surface area contributed by atoms with Gasteiger partial charge in [0.1, 0.15) is 5.82 Å². The van der Waals surface area contributed by atoms with Crippen LogP contribution >= 0.6 is 11.8 Å².